The number of carboxylic acids is 1. The van der Waals surface area contributed by atoms with Gasteiger partial charge in [0.05, 0.1) is 5.41 Å². The Kier molecular flexibility index (Phi) is 12.5. The quantitative estimate of drug-likeness (QED) is 0.177. The van der Waals surface area contributed by atoms with Crippen LogP contribution in [0.5, 0.6) is 0 Å². The van der Waals surface area contributed by atoms with Crippen LogP contribution in [0.2, 0.25) is 0 Å². The van der Waals surface area contributed by atoms with Crippen LogP contribution < -0.4 is 0 Å². The molecule has 1 aromatic carbocycles. The van der Waals surface area contributed by atoms with Crippen molar-refractivity contribution < 1.29 is 19.3 Å². The topological polar surface area (TPSA) is 71.4 Å². The molecule has 5 heteroatoms. The zero-order valence-electron chi connectivity index (χ0n) is 21.6. The lowest BCUT2D eigenvalue weighted by Gasteiger charge is -2.43. The Bertz CT molecular complexity index is 759. The molecular formula is C28H46O4P+. The van der Waals surface area contributed by atoms with Crippen LogP contribution in [0.15, 0.2) is 12.1 Å². The van der Waals surface area contributed by atoms with Gasteiger partial charge >= 0.3 is 15.1 Å². The third-order valence-corrected chi connectivity index (χ3v) is 7.85. The number of aryl methyl sites for hydroxylation is 3. The van der Waals surface area contributed by atoms with E-state index in [9.17, 15) is 14.7 Å². The lowest BCUT2D eigenvalue weighted by molar-refractivity contribution is -0.155. The van der Waals surface area contributed by atoms with Crippen molar-refractivity contribution in [3.05, 3.63) is 34.4 Å². The van der Waals surface area contributed by atoms with Gasteiger partial charge in [0.2, 0.25) is 0 Å². The van der Waals surface area contributed by atoms with Gasteiger partial charge in [0.15, 0.2) is 5.78 Å². The summed E-state index contributed by atoms with van der Waals surface area (Å²) in [6, 6.07) is 4.11. The van der Waals surface area contributed by atoms with E-state index in [0.717, 1.165) is 54.4 Å². The number of Topliss-reactive ketones (excluding diaryl/α,β-unsaturated/α-hetero) is 1. The number of unbranched alkanes of at least 4 members (excludes halogenated alkanes) is 7. The van der Waals surface area contributed by atoms with Gasteiger partial charge in [-0.3, -0.25) is 9.59 Å². The van der Waals surface area contributed by atoms with Gasteiger partial charge in [0.1, 0.15) is 0 Å². The number of carbonyl (C=O) groups is 2. The van der Waals surface area contributed by atoms with E-state index in [-0.39, 0.29) is 5.78 Å². The first kappa shape index (κ1) is 29.5. The molecule has 0 amide bonds. The van der Waals surface area contributed by atoms with Crippen molar-refractivity contribution in [2.75, 3.05) is 0 Å². The molecule has 0 saturated heterocycles. The second kappa shape index (κ2) is 14.0. The highest BCUT2D eigenvalue weighted by molar-refractivity contribution is 7.00. The molecule has 0 spiro atoms. The first-order valence-corrected chi connectivity index (χ1v) is 13.3. The zero-order chi connectivity index (χ0) is 25.1. The lowest BCUT2D eigenvalue weighted by atomic mass is 9.57. The number of hydrogen-bond acceptors (Lipinski definition) is 3. The number of benzene rings is 1. The third-order valence-electron chi connectivity index (χ3n) is 7.85. The van der Waals surface area contributed by atoms with Crippen molar-refractivity contribution >= 4 is 20.9 Å². The number of hydrogen-bond donors (Lipinski definition) is 1. The van der Waals surface area contributed by atoms with E-state index in [0.29, 0.717) is 19.3 Å². The number of carboxylic acid groups (broad SMARTS) is 1. The van der Waals surface area contributed by atoms with Gasteiger partial charge in [0.25, 0.3) is 0 Å². The SMILES string of the molecule is CCCCCCCCCCC(C)(C(=O)O)C1(C(=O)c2c(C)cc(C)cc2C)CCCC1.O=[PH2+]. The molecule has 0 radical (unpaired) electrons. The second-order valence-electron chi connectivity index (χ2n) is 10.3. The van der Waals surface area contributed by atoms with E-state index >= 15 is 0 Å². The van der Waals surface area contributed by atoms with Gasteiger partial charge in [-0.2, -0.15) is 0 Å². The first-order chi connectivity index (χ1) is 15.7. The summed E-state index contributed by atoms with van der Waals surface area (Å²) in [7, 11) is 1.17. The number of rotatable bonds is 13. The van der Waals surface area contributed by atoms with Gasteiger partial charge in [-0.15, -0.1) is 0 Å². The standard InChI is InChI=1S/C28H44O3.H2OP/c1-6-7-8-9-10-11-12-13-16-27(5,26(30)31)28(17-14-15-18-28)25(29)24-22(3)19-21(2)20-23(24)4;1-2/h19-20H,6-18H2,1-5H3,(H,30,31);2H2/q;+1. The highest BCUT2D eigenvalue weighted by Crippen LogP contribution is 2.56. The van der Waals surface area contributed by atoms with E-state index in [1.807, 2.05) is 27.7 Å². The molecule has 1 fully saturated rings. The third kappa shape index (κ3) is 6.98. The van der Waals surface area contributed by atoms with Crippen molar-refractivity contribution in [1.29, 1.82) is 0 Å². The zero-order valence-corrected chi connectivity index (χ0v) is 22.8. The smallest absolute Gasteiger partial charge is 0.310 e. The molecular weight excluding hydrogens is 431 g/mol. The highest BCUT2D eigenvalue weighted by Gasteiger charge is 2.58. The molecule has 0 heterocycles. The van der Waals surface area contributed by atoms with Crippen LogP contribution in [0.4, 0.5) is 0 Å². The van der Waals surface area contributed by atoms with E-state index in [1.165, 1.54) is 41.2 Å². The van der Waals surface area contributed by atoms with Crippen LogP contribution in [0.25, 0.3) is 0 Å². The maximum atomic E-state index is 14.0. The van der Waals surface area contributed by atoms with E-state index < -0.39 is 16.8 Å². The Balaban J connectivity index is 0.00000265. The van der Waals surface area contributed by atoms with Crippen molar-refractivity contribution in [1.82, 2.24) is 0 Å². The van der Waals surface area contributed by atoms with Gasteiger partial charge < -0.3 is 5.11 Å². The van der Waals surface area contributed by atoms with Gasteiger partial charge in [-0.05, 0) is 58.1 Å². The Labute approximate surface area is 203 Å². The van der Waals surface area contributed by atoms with E-state index in [4.69, 9.17) is 4.57 Å². The Hall–Kier alpha value is -1.54. The van der Waals surface area contributed by atoms with Gasteiger partial charge in [-0.1, -0.05) is 93.4 Å². The average molecular weight is 478 g/mol. The largest absolute Gasteiger partial charge is 0.481 e. The molecule has 0 aromatic heterocycles. The summed E-state index contributed by atoms with van der Waals surface area (Å²) in [5.41, 5.74) is 2.07. The molecule has 1 N–H and O–H groups in total. The summed E-state index contributed by atoms with van der Waals surface area (Å²) in [6.45, 7) is 10.1. The van der Waals surface area contributed by atoms with Crippen LogP contribution in [0, 0.1) is 31.6 Å². The van der Waals surface area contributed by atoms with Gasteiger partial charge in [0, 0.05) is 11.0 Å². The van der Waals surface area contributed by atoms with Crippen LogP contribution in [0.3, 0.4) is 0 Å². The minimum absolute atomic E-state index is 0.0736. The van der Waals surface area contributed by atoms with Crippen LogP contribution in [-0.4, -0.2) is 16.9 Å². The summed E-state index contributed by atoms with van der Waals surface area (Å²) >= 11 is 0. The van der Waals surface area contributed by atoms with Gasteiger partial charge in [-0.25, -0.2) is 0 Å². The van der Waals surface area contributed by atoms with Crippen LogP contribution in [-0.2, 0) is 9.36 Å². The minimum atomic E-state index is -1.01. The lowest BCUT2D eigenvalue weighted by Crippen LogP contribution is -2.49. The van der Waals surface area contributed by atoms with Crippen molar-refractivity contribution in [2.24, 2.45) is 10.8 Å². The Morgan fingerprint density at radius 1 is 0.909 bits per heavy atom. The molecule has 2 rings (SSSR count). The van der Waals surface area contributed by atoms with Crippen molar-refractivity contribution in [3.63, 3.8) is 0 Å². The first-order valence-electron chi connectivity index (χ1n) is 12.8. The molecule has 0 bridgehead atoms. The van der Waals surface area contributed by atoms with Crippen molar-refractivity contribution in [2.45, 2.75) is 118 Å². The number of ketones is 1. The predicted octanol–water partition coefficient (Wildman–Crippen LogP) is 8.18. The van der Waals surface area contributed by atoms with Crippen LogP contribution in [0.1, 0.15) is 124 Å². The van der Waals surface area contributed by atoms with E-state index in [2.05, 4.69) is 19.1 Å². The normalized spacial score (nSPS) is 16.5. The van der Waals surface area contributed by atoms with E-state index in [1.54, 1.807) is 0 Å². The molecule has 2 unspecified atom stereocenters. The summed E-state index contributed by atoms with van der Waals surface area (Å²) in [5.74, 6) is -0.724. The minimum Gasteiger partial charge on any atom is -0.481 e. The fourth-order valence-electron chi connectivity index (χ4n) is 5.95. The molecule has 186 valence electrons. The highest BCUT2D eigenvalue weighted by atomic mass is 31.0. The molecule has 1 aliphatic carbocycles. The maximum Gasteiger partial charge on any atom is 0.310 e. The van der Waals surface area contributed by atoms with Crippen LogP contribution >= 0.6 is 9.12 Å². The molecule has 2 atom stereocenters. The average Bonchev–Trinajstić information content (AvgIpc) is 3.27. The Morgan fingerprint density at radius 2 is 1.36 bits per heavy atom. The summed E-state index contributed by atoms with van der Waals surface area (Å²) in [6.07, 6.45) is 13.3. The number of aliphatic carboxylic acids is 1. The summed E-state index contributed by atoms with van der Waals surface area (Å²) in [4.78, 5) is 26.7. The fraction of sp³-hybridized carbons (Fsp3) is 0.714. The fourth-order valence-corrected chi connectivity index (χ4v) is 5.95. The maximum absolute atomic E-state index is 14.0. The number of carbonyl (C=O) groups excluding carboxylic acids is 1. The molecule has 1 aliphatic rings. The molecule has 0 aliphatic heterocycles. The van der Waals surface area contributed by atoms with Crippen molar-refractivity contribution in [3.8, 4) is 0 Å². The summed E-state index contributed by atoms with van der Waals surface area (Å²) < 4.78 is 8.17. The monoisotopic (exact) mass is 477 g/mol. The summed E-state index contributed by atoms with van der Waals surface area (Å²) in [5, 5.41) is 10.4. The molecule has 33 heavy (non-hydrogen) atoms. The Morgan fingerprint density at radius 3 is 1.82 bits per heavy atom. The molecule has 4 nitrogen and oxygen atoms in total. The molecule has 1 saturated carbocycles. The predicted molar refractivity (Wildman–Crippen MR) is 139 cm³/mol. The second-order valence-corrected chi connectivity index (χ2v) is 10.3. The molecule has 1 aromatic rings.